The van der Waals surface area contributed by atoms with Gasteiger partial charge in [-0.25, -0.2) is 8.78 Å². The number of hydrogen-bond donors (Lipinski definition) is 1. The Hall–Kier alpha value is -4.54. The van der Waals surface area contributed by atoms with Crippen molar-refractivity contribution in [1.29, 1.82) is 5.26 Å². The van der Waals surface area contributed by atoms with E-state index in [1.54, 1.807) is 13.0 Å². The molecule has 2 aromatic carbocycles. The normalized spacial score (nSPS) is 23.0. The zero-order valence-electron chi connectivity index (χ0n) is 30.5. The molecule has 4 atom stereocenters. The van der Waals surface area contributed by atoms with Crippen molar-refractivity contribution in [1.82, 2.24) is 19.8 Å². The lowest BCUT2D eigenvalue weighted by molar-refractivity contribution is -0.141. The fourth-order valence-corrected chi connectivity index (χ4v) is 9.83. The molecule has 5 heterocycles. The van der Waals surface area contributed by atoms with Gasteiger partial charge in [0, 0.05) is 56.4 Å². The second-order valence-electron chi connectivity index (χ2n) is 14.5. The molecule has 0 bridgehead atoms. The van der Waals surface area contributed by atoms with Crippen molar-refractivity contribution in [3.63, 3.8) is 0 Å². The number of methoxy groups -OCH3 is 1. The van der Waals surface area contributed by atoms with E-state index in [4.69, 9.17) is 15.2 Å². The number of likely N-dealkylation sites (N-methyl/N-ethyl adjacent to an activating group) is 1. The maximum Gasteiger partial charge on any atom is 0.419 e. The molecule has 3 saturated heterocycles. The number of nitrogens with two attached hydrogens (primary N) is 1. The second-order valence-corrected chi connectivity index (χ2v) is 15.5. The third-order valence-electron chi connectivity index (χ3n) is 11.2. The summed E-state index contributed by atoms with van der Waals surface area (Å²) in [6, 6.07) is 2.07. The van der Waals surface area contributed by atoms with Gasteiger partial charge in [0.2, 0.25) is 5.91 Å². The van der Waals surface area contributed by atoms with Gasteiger partial charge in [-0.3, -0.25) is 9.69 Å². The van der Waals surface area contributed by atoms with Crippen molar-refractivity contribution in [3.05, 3.63) is 40.7 Å². The molecule has 0 saturated carbocycles. The number of aromatic nitrogens is 2. The van der Waals surface area contributed by atoms with Crippen molar-refractivity contribution >= 4 is 49.1 Å². The van der Waals surface area contributed by atoms with E-state index >= 15 is 30.7 Å². The highest BCUT2D eigenvalue weighted by Crippen LogP contribution is 2.52. The largest absolute Gasteiger partial charge is 0.461 e. The van der Waals surface area contributed by atoms with E-state index in [1.165, 1.54) is 23.8 Å². The standard InChI is InChI=1S/C37H37F8N7O3S/c1-4-51(20-10-21(16-54-3)52(15-20)18(2)53)33-23-11-25(36(40,41)42)28(22-6-7-26(39)31-27(22)24(13-46)32(47)56-31)29(37(43,44)45)30(23)48-34(49-33)55-17-35-8-5-9-50(35)14-19(38)12-35/h6-7,11,19-21H,4-5,8-10,12,14-17,47H2,1-3H3/t19-,20+,21-,35+/m1/s1. The van der Waals surface area contributed by atoms with E-state index in [9.17, 15) is 14.4 Å². The number of nitriles is 1. The van der Waals surface area contributed by atoms with Crippen LogP contribution in [-0.2, 0) is 21.9 Å². The molecule has 1 amide bonds. The average Bonchev–Trinajstić information content (AvgIpc) is 3.87. The quantitative estimate of drug-likeness (QED) is 0.171. The summed E-state index contributed by atoms with van der Waals surface area (Å²) in [7, 11) is 1.44. The molecular weight excluding hydrogens is 775 g/mol. The summed E-state index contributed by atoms with van der Waals surface area (Å²) in [6.07, 6.45) is -10.5. The van der Waals surface area contributed by atoms with Crippen LogP contribution in [0.4, 0.5) is 45.9 Å². The first-order chi connectivity index (χ1) is 26.4. The van der Waals surface area contributed by atoms with Gasteiger partial charge in [-0.1, -0.05) is 6.07 Å². The Kier molecular flexibility index (Phi) is 10.2. The first kappa shape index (κ1) is 39.7. The minimum atomic E-state index is -5.53. The number of fused-ring (bicyclic) bond motifs is 3. The van der Waals surface area contributed by atoms with Crippen LogP contribution in [0.15, 0.2) is 18.2 Å². The summed E-state index contributed by atoms with van der Waals surface area (Å²) < 4.78 is 134. The Morgan fingerprint density at radius 2 is 1.93 bits per heavy atom. The number of nitrogen functional groups attached to an aromatic ring is 1. The average molecular weight is 812 g/mol. The van der Waals surface area contributed by atoms with Crippen LogP contribution in [-0.4, -0.2) is 96.0 Å². The van der Waals surface area contributed by atoms with Gasteiger partial charge in [0.25, 0.3) is 0 Å². The molecule has 2 aromatic heterocycles. The number of alkyl halides is 7. The van der Waals surface area contributed by atoms with E-state index in [-0.39, 0.29) is 62.4 Å². The van der Waals surface area contributed by atoms with Gasteiger partial charge >= 0.3 is 18.4 Å². The first-order valence-electron chi connectivity index (χ1n) is 17.9. The van der Waals surface area contributed by atoms with Crippen LogP contribution in [0.3, 0.4) is 0 Å². The summed E-state index contributed by atoms with van der Waals surface area (Å²) in [5, 5.41) is 8.50. The fourth-order valence-electron chi connectivity index (χ4n) is 8.88. The van der Waals surface area contributed by atoms with Crippen molar-refractivity contribution in [3.8, 4) is 23.2 Å². The molecule has 0 aliphatic carbocycles. The van der Waals surface area contributed by atoms with E-state index in [2.05, 4.69) is 9.97 Å². The third kappa shape index (κ3) is 6.72. The summed E-state index contributed by atoms with van der Waals surface area (Å²) in [5.41, 5.74) is -1.91. The lowest BCUT2D eigenvalue weighted by Gasteiger charge is -2.32. The summed E-state index contributed by atoms with van der Waals surface area (Å²) in [6.45, 7) is 3.76. The van der Waals surface area contributed by atoms with Crippen LogP contribution in [0.1, 0.15) is 56.2 Å². The van der Waals surface area contributed by atoms with E-state index in [1.807, 2.05) is 4.90 Å². The molecule has 300 valence electrons. The van der Waals surface area contributed by atoms with Gasteiger partial charge in [-0.05, 0) is 50.4 Å². The van der Waals surface area contributed by atoms with Gasteiger partial charge in [-0.15, -0.1) is 11.3 Å². The number of thiophene rings is 1. The number of halogens is 8. The van der Waals surface area contributed by atoms with Crippen LogP contribution < -0.4 is 15.4 Å². The van der Waals surface area contributed by atoms with Gasteiger partial charge in [0.1, 0.15) is 35.5 Å². The lowest BCUT2D eigenvalue weighted by atomic mass is 9.88. The number of rotatable bonds is 9. The predicted molar refractivity (Wildman–Crippen MR) is 192 cm³/mol. The lowest BCUT2D eigenvalue weighted by Crippen LogP contribution is -2.43. The van der Waals surface area contributed by atoms with Crippen molar-refractivity contribution in [2.24, 2.45) is 0 Å². The number of likely N-dealkylation sites (tertiary alicyclic amines) is 1. The molecular formula is C37H37F8N7O3S. The van der Waals surface area contributed by atoms with Gasteiger partial charge in [0.05, 0.1) is 51.1 Å². The highest BCUT2D eigenvalue weighted by molar-refractivity contribution is 7.23. The van der Waals surface area contributed by atoms with Gasteiger partial charge in [-0.2, -0.15) is 41.6 Å². The number of benzene rings is 2. The monoisotopic (exact) mass is 811 g/mol. The smallest absolute Gasteiger partial charge is 0.419 e. The molecule has 0 radical (unpaired) electrons. The van der Waals surface area contributed by atoms with E-state index in [0.29, 0.717) is 30.4 Å². The number of anilines is 2. The topological polar surface area (TPSA) is 121 Å². The van der Waals surface area contributed by atoms with Crippen molar-refractivity contribution in [2.45, 2.75) is 75.7 Å². The number of ether oxygens (including phenoxy) is 2. The molecule has 0 spiro atoms. The second kappa shape index (κ2) is 14.4. The molecule has 3 fully saturated rings. The van der Waals surface area contributed by atoms with Crippen molar-refractivity contribution < 1.29 is 49.4 Å². The summed E-state index contributed by atoms with van der Waals surface area (Å²) in [5.74, 6) is -1.60. The zero-order chi connectivity index (χ0) is 40.5. The fraction of sp³-hybridized carbons (Fsp3) is 0.514. The molecule has 56 heavy (non-hydrogen) atoms. The number of carbonyl (C=O) groups is 1. The van der Waals surface area contributed by atoms with Crippen molar-refractivity contribution in [2.75, 3.05) is 57.1 Å². The van der Waals surface area contributed by atoms with Crippen LogP contribution in [0.25, 0.3) is 32.1 Å². The van der Waals surface area contributed by atoms with Crippen LogP contribution >= 0.6 is 11.3 Å². The highest BCUT2D eigenvalue weighted by Gasteiger charge is 2.50. The maximum absolute atomic E-state index is 15.7. The summed E-state index contributed by atoms with van der Waals surface area (Å²) in [4.78, 5) is 26.3. The van der Waals surface area contributed by atoms with Gasteiger partial charge in [0.15, 0.2) is 0 Å². The first-order valence-corrected chi connectivity index (χ1v) is 18.7. The maximum atomic E-state index is 15.7. The van der Waals surface area contributed by atoms with Crippen LogP contribution in [0.5, 0.6) is 6.01 Å². The summed E-state index contributed by atoms with van der Waals surface area (Å²) >= 11 is 0.524. The minimum absolute atomic E-state index is 0.0334. The Morgan fingerprint density at radius 1 is 1.18 bits per heavy atom. The molecule has 2 N–H and O–H groups in total. The predicted octanol–water partition coefficient (Wildman–Crippen LogP) is 7.56. The molecule has 3 aliphatic rings. The van der Waals surface area contributed by atoms with Gasteiger partial charge < -0.3 is 25.0 Å². The molecule has 0 unspecified atom stereocenters. The SMILES string of the molecule is CCN(c1nc(OC[C@@]23CCCN2C[C@H](F)C3)nc2c(C(F)(F)F)c(-c3ccc(F)c4sc(N)c(C#N)c34)c(C(F)(F)F)cc12)[C@H]1C[C@H](COC)N(C(C)=O)C1. The Labute approximate surface area is 319 Å². The number of amides is 1. The molecule has 19 heteroatoms. The molecule has 4 aromatic rings. The van der Waals surface area contributed by atoms with E-state index in [0.717, 1.165) is 18.6 Å². The zero-order valence-corrected chi connectivity index (χ0v) is 31.3. The van der Waals surface area contributed by atoms with Crippen LogP contribution in [0, 0.1) is 17.1 Å². The Morgan fingerprint density at radius 3 is 2.57 bits per heavy atom. The highest BCUT2D eigenvalue weighted by atomic mass is 32.1. The Balaban J connectivity index is 1.53. The number of nitrogens with zero attached hydrogens (tertiary/aromatic N) is 6. The Bertz CT molecular complexity index is 2240. The number of hydrogen-bond acceptors (Lipinski definition) is 10. The molecule has 3 aliphatic heterocycles. The van der Waals surface area contributed by atoms with E-state index < -0.39 is 96.8 Å². The minimum Gasteiger partial charge on any atom is -0.461 e. The molecule has 7 rings (SSSR count). The van der Waals surface area contributed by atoms with Crippen LogP contribution in [0.2, 0.25) is 0 Å². The number of carbonyl (C=O) groups excluding carboxylic acids is 1. The molecule has 10 nitrogen and oxygen atoms in total. The third-order valence-corrected chi connectivity index (χ3v) is 12.2.